The van der Waals surface area contributed by atoms with Gasteiger partial charge in [0.15, 0.2) is 0 Å². The highest BCUT2D eigenvalue weighted by atomic mass is 35.5. The van der Waals surface area contributed by atoms with Crippen LogP contribution in [0.4, 0.5) is 0 Å². The van der Waals surface area contributed by atoms with Crippen LogP contribution in [0.15, 0.2) is 0 Å². The first-order valence-electron chi connectivity index (χ1n) is 3.99. The number of aromatic nitrogens is 2. The molecule has 82 valence electrons. The Morgan fingerprint density at radius 1 is 1.53 bits per heavy atom. The van der Waals surface area contributed by atoms with E-state index < -0.39 is 0 Å². The van der Waals surface area contributed by atoms with Gasteiger partial charge in [-0.2, -0.15) is 0 Å². The van der Waals surface area contributed by atoms with Crippen LogP contribution in [0.2, 0.25) is 4.47 Å². The van der Waals surface area contributed by atoms with E-state index in [1.165, 1.54) is 19.0 Å². The number of carbonyl (C=O) groups excluding carboxylic acids is 2. The minimum absolute atomic E-state index is 0.0213. The summed E-state index contributed by atoms with van der Waals surface area (Å²) in [5.74, 6) is -0.621. The van der Waals surface area contributed by atoms with Gasteiger partial charge in [0.25, 0.3) is 5.91 Å². The average molecular weight is 249 g/mol. The van der Waals surface area contributed by atoms with Crippen molar-refractivity contribution < 1.29 is 9.59 Å². The van der Waals surface area contributed by atoms with E-state index in [1.54, 1.807) is 0 Å². The largest absolute Gasteiger partial charge is 0.358 e. The van der Waals surface area contributed by atoms with E-state index in [-0.39, 0.29) is 27.8 Å². The number of hydrogen-bond donors (Lipinski definition) is 1. The topological polar surface area (TPSA) is 75.2 Å². The van der Waals surface area contributed by atoms with Gasteiger partial charge in [-0.05, 0) is 11.6 Å². The van der Waals surface area contributed by atoms with Crippen molar-refractivity contribution in [1.29, 1.82) is 0 Å². The molecule has 2 amide bonds. The lowest BCUT2D eigenvalue weighted by Crippen LogP contribution is -2.36. The van der Waals surface area contributed by atoms with Crippen LogP contribution in [-0.2, 0) is 4.79 Å². The molecule has 0 bridgehead atoms. The molecular weight excluding hydrogens is 240 g/mol. The van der Waals surface area contributed by atoms with E-state index in [1.807, 2.05) is 0 Å². The highest BCUT2D eigenvalue weighted by Gasteiger charge is 2.18. The maximum absolute atomic E-state index is 11.6. The molecule has 1 aromatic heterocycles. The van der Waals surface area contributed by atoms with Gasteiger partial charge in [0, 0.05) is 14.1 Å². The molecule has 1 heterocycles. The second-order valence-electron chi connectivity index (χ2n) is 2.69. The molecule has 1 rings (SSSR count). The van der Waals surface area contributed by atoms with Gasteiger partial charge in [-0.15, -0.1) is 10.2 Å². The Morgan fingerprint density at radius 2 is 2.20 bits per heavy atom. The number of nitrogens with zero attached hydrogens (tertiary/aromatic N) is 3. The standard InChI is InChI=1S/C7H9ClN4O2S/c1-9-4(13)3-12(2)6(14)5-10-11-7(8)15-5/h3H2,1-2H3,(H,9,13). The molecular formula is C7H9ClN4O2S. The number of nitrogens with one attached hydrogen (secondary N) is 1. The van der Waals surface area contributed by atoms with Crippen LogP contribution >= 0.6 is 22.9 Å². The summed E-state index contributed by atoms with van der Waals surface area (Å²) in [5.41, 5.74) is 0. The Balaban J connectivity index is 2.64. The zero-order valence-electron chi connectivity index (χ0n) is 8.15. The van der Waals surface area contributed by atoms with Gasteiger partial charge < -0.3 is 10.2 Å². The van der Waals surface area contributed by atoms with Crippen LogP contribution in [0.25, 0.3) is 0 Å². The van der Waals surface area contributed by atoms with Gasteiger partial charge in [-0.3, -0.25) is 9.59 Å². The van der Waals surface area contributed by atoms with Crippen molar-refractivity contribution in [3.8, 4) is 0 Å². The van der Waals surface area contributed by atoms with Crippen LogP contribution in [0, 0.1) is 0 Å². The zero-order valence-corrected chi connectivity index (χ0v) is 9.72. The summed E-state index contributed by atoms with van der Waals surface area (Å²) in [6.45, 7) is -0.0213. The molecule has 0 aromatic carbocycles. The molecule has 6 nitrogen and oxygen atoms in total. The molecule has 0 atom stereocenters. The van der Waals surface area contributed by atoms with E-state index in [2.05, 4.69) is 15.5 Å². The quantitative estimate of drug-likeness (QED) is 0.818. The van der Waals surface area contributed by atoms with Crippen molar-refractivity contribution in [3.63, 3.8) is 0 Å². The third-order valence-electron chi connectivity index (χ3n) is 1.59. The number of amides is 2. The van der Waals surface area contributed by atoms with Crippen LogP contribution in [0.1, 0.15) is 9.80 Å². The highest BCUT2D eigenvalue weighted by Crippen LogP contribution is 2.15. The second kappa shape index (κ2) is 5.04. The van der Waals surface area contributed by atoms with E-state index in [0.717, 1.165) is 11.3 Å². The monoisotopic (exact) mass is 248 g/mol. The summed E-state index contributed by atoms with van der Waals surface area (Å²) in [5, 5.41) is 9.68. The molecule has 0 saturated heterocycles. The van der Waals surface area contributed by atoms with E-state index in [4.69, 9.17) is 11.6 Å². The molecule has 0 fully saturated rings. The summed E-state index contributed by atoms with van der Waals surface area (Å²) in [6, 6.07) is 0. The van der Waals surface area contributed by atoms with E-state index in [9.17, 15) is 9.59 Å². The number of likely N-dealkylation sites (N-methyl/N-ethyl adjacent to an activating group) is 2. The zero-order chi connectivity index (χ0) is 11.4. The highest BCUT2D eigenvalue weighted by molar-refractivity contribution is 7.17. The Hall–Kier alpha value is -1.21. The normalized spacial score (nSPS) is 9.80. The molecule has 0 spiro atoms. The smallest absolute Gasteiger partial charge is 0.285 e. The second-order valence-corrected chi connectivity index (χ2v) is 4.25. The molecule has 8 heteroatoms. The Bertz CT molecular complexity index is 381. The van der Waals surface area contributed by atoms with Crippen LogP contribution in [0.5, 0.6) is 0 Å². The molecule has 1 N–H and O–H groups in total. The van der Waals surface area contributed by atoms with Crippen molar-refractivity contribution >= 4 is 34.8 Å². The van der Waals surface area contributed by atoms with Crippen LogP contribution in [0.3, 0.4) is 0 Å². The molecule has 0 unspecified atom stereocenters. The summed E-state index contributed by atoms with van der Waals surface area (Å²) in [6.07, 6.45) is 0. The predicted octanol–water partition coefficient (Wildman–Crippen LogP) is 0.00950. The lowest BCUT2D eigenvalue weighted by Gasteiger charge is -2.13. The summed E-state index contributed by atoms with van der Waals surface area (Å²) >= 11 is 6.52. The molecule has 0 saturated carbocycles. The molecule has 0 aliphatic rings. The van der Waals surface area contributed by atoms with Crippen molar-refractivity contribution in [2.24, 2.45) is 0 Å². The Kier molecular flexibility index (Phi) is 3.98. The first-order valence-corrected chi connectivity index (χ1v) is 5.19. The lowest BCUT2D eigenvalue weighted by molar-refractivity contribution is -0.121. The molecule has 0 aliphatic heterocycles. The minimum Gasteiger partial charge on any atom is -0.358 e. The lowest BCUT2D eigenvalue weighted by atomic mass is 10.5. The SMILES string of the molecule is CNC(=O)CN(C)C(=O)c1nnc(Cl)s1. The summed E-state index contributed by atoms with van der Waals surface area (Å²) < 4.78 is 0.201. The third-order valence-corrected chi connectivity index (χ3v) is 2.60. The van der Waals surface area contributed by atoms with Crippen LogP contribution < -0.4 is 5.32 Å². The van der Waals surface area contributed by atoms with Gasteiger partial charge >= 0.3 is 0 Å². The average Bonchev–Trinajstić information content (AvgIpc) is 2.63. The molecule has 0 aliphatic carbocycles. The van der Waals surface area contributed by atoms with Crippen LogP contribution in [-0.4, -0.2) is 47.6 Å². The molecule has 0 radical (unpaired) electrons. The van der Waals surface area contributed by atoms with Crippen molar-refractivity contribution in [3.05, 3.63) is 9.47 Å². The van der Waals surface area contributed by atoms with E-state index >= 15 is 0 Å². The fraction of sp³-hybridized carbons (Fsp3) is 0.429. The maximum atomic E-state index is 11.6. The van der Waals surface area contributed by atoms with Gasteiger partial charge in [0.2, 0.25) is 15.4 Å². The van der Waals surface area contributed by atoms with Crippen molar-refractivity contribution in [2.75, 3.05) is 20.6 Å². The van der Waals surface area contributed by atoms with E-state index in [0.29, 0.717) is 0 Å². The van der Waals surface area contributed by atoms with Gasteiger partial charge in [0.1, 0.15) is 0 Å². The Labute approximate surface area is 95.2 Å². The predicted molar refractivity (Wildman–Crippen MR) is 55.9 cm³/mol. The number of rotatable bonds is 3. The van der Waals surface area contributed by atoms with Gasteiger partial charge in [0.05, 0.1) is 6.54 Å². The Morgan fingerprint density at radius 3 is 2.67 bits per heavy atom. The third kappa shape index (κ3) is 3.14. The number of carbonyl (C=O) groups is 2. The van der Waals surface area contributed by atoms with Crippen molar-refractivity contribution in [1.82, 2.24) is 20.4 Å². The summed E-state index contributed by atoms with van der Waals surface area (Å²) in [4.78, 5) is 23.8. The summed E-state index contributed by atoms with van der Waals surface area (Å²) in [7, 11) is 3.01. The van der Waals surface area contributed by atoms with Gasteiger partial charge in [-0.25, -0.2) is 0 Å². The van der Waals surface area contributed by atoms with Crippen molar-refractivity contribution in [2.45, 2.75) is 0 Å². The number of halogens is 1. The number of hydrogen-bond acceptors (Lipinski definition) is 5. The fourth-order valence-corrected chi connectivity index (χ4v) is 1.64. The van der Waals surface area contributed by atoms with Gasteiger partial charge in [-0.1, -0.05) is 11.3 Å². The molecule has 1 aromatic rings. The maximum Gasteiger partial charge on any atom is 0.285 e. The first-order chi connectivity index (χ1) is 7.04. The minimum atomic E-state index is -0.372. The first kappa shape index (κ1) is 11.9. The fourth-order valence-electron chi connectivity index (χ4n) is 0.821. The molecule has 15 heavy (non-hydrogen) atoms.